The molecule has 6 heteroatoms. The van der Waals surface area contributed by atoms with Gasteiger partial charge in [0, 0.05) is 11.5 Å². The number of rotatable bonds is 8. The van der Waals surface area contributed by atoms with Crippen LogP contribution in [0.2, 0.25) is 0 Å². The monoisotopic (exact) mass is 360 g/mol. The molecule has 2 aromatic rings. The molecule has 6 nitrogen and oxygen atoms in total. The molecular formula is C20H24O6. The van der Waals surface area contributed by atoms with Gasteiger partial charge in [-0.25, -0.2) is 4.79 Å². The fourth-order valence-corrected chi connectivity index (χ4v) is 2.52. The van der Waals surface area contributed by atoms with Crippen LogP contribution < -0.4 is 15.1 Å². The summed E-state index contributed by atoms with van der Waals surface area (Å²) in [6.07, 6.45) is 0.247. The summed E-state index contributed by atoms with van der Waals surface area (Å²) < 4.78 is 16.3. The summed E-state index contributed by atoms with van der Waals surface area (Å²) >= 11 is 0. The van der Waals surface area contributed by atoms with Crippen molar-refractivity contribution in [3.63, 3.8) is 0 Å². The highest BCUT2D eigenvalue weighted by molar-refractivity contribution is 5.85. The van der Waals surface area contributed by atoms with E-state index in [-0.39, 0.29) is 6.61 Å². The van der Waals surface area contributed by atoms with E-state index in [9.17, 15) is 15.0 Å². The molecule has 0 spiro atoms. The van der Waals surface area contributed by atoms with Crippen LogP contribution in [0, 0.1) is 0 Å². The first kappa shape index (κ1) is 19.8. The molecule has 26 heavy (non-hydrogen) atoms. The van der Waals surface area contributed by atoms with E-state index in [1.54, 1.807) is 31.2 Å². The van der Waals surface area contributed by atoms with Crippen molar-refractivity contribution >= 4 is 11.0 Å². The normalized spacial score (nSPS) is 14.1. The molecular weight excluding hydrogens is 336 g/mol. The Balaban J connectivity index is 2.09. The highest BCUT2D eigenvalue weighted by Crippen LogP contribution is 2.34. The van der Waals surface area contributed by atoms with Gasteiger partial charge in [0.25, 0.3) is 0 Å². The molecule has 0 unspecified atom stereocenters. The maximum atomic E-state index is 11.4. The molecule has 0 aliphatic rings. The Bertz CT molecular complexity index is 864. The van der Waals surface area contributed by atoms with Gasteiger partial charge in [0.05, 0.1) is 13.2 Å². The number of fused-ring (bicyclic) bond motifs is 1. The van der Waals surface area contributed by atoms with Crippen LogP contribution in [-0.2, 0) is 0 Å². The van der Waals surface area contributed by atoms with Crippen molar-refractivity contribution in [2.45, 2.75) is 32.5 Å². The van der Waals surface area contributed by atoms with Crippen molar-refractivity contribution in [3.05, 3.63) is 58.5 Å². The molecule has 0 amide bonds. The molecule has 2 N–H and O–H groups in total. The van der Waals surface area contributed by atoms with Crippen LogP contribution >= 0.6 is 0 Å². The van der Waals surface area contributed by atoms with Crippen molar-refractivity contribution in [3.8, 4) is 11.5 Å². The average molecular weight is 360 g/mol. The lowest BCUT2D eigenvalue weighted by atomic mass is 10.0. The number of hydrogen-bond donors (Lipinski definition) is 2. The molecule has 0 radical (unpaired) electrons. The van der Waals surface area contributed by atoms with Crippen molar-refractivity contribution in [2.24, 2.45) is 0 Å². The van der Waals surface area contributed by atoms with Gasteiger partial charge in [0.2, 0.25) is 5.75 Å². The van der Waals surface area contributed by atoms with E-state index < -0.39 is 17.8 Å². The van der Waals surface area contributed by atoms with Gasteiger partial charge in [-0.3, -0.25) is 0 Å². The number of methoxy groups -OCH3 is 1. The average Bonchev–Trinajstić information content (AvgIpc) is 2.60. The maximum Gasteiger partial charge on any atom is 0.336 e. The van der Waals surface area contributed by atoms with E-state index >= 15 is 0 Å². The smallest absolute Gasteiger partial charge is 0.336 e. The lowest BCUT2D eigenvalue weighted by Gasteiger charge is -2.18. The summed E-state index contributed by atoms with van der Waals surface area (Å²) in [5, 5.41) is 20.5. The summed E-state index contributed by atoms with van der Waals surface area (Å²) in [6, 6.07) is 6.52. The second kappa shape index (κ2) is 8.69. The zero-order valence-corrected chi connectivity index (χ0v) is 15.2. The van der Waals surface area contributed by atoms with Gasteiger partial charge in [-0.05, 0) is 50.1 Å². The first-order valence-corrected chi connectivity index (χ1v) is 8.24. The highest BCUT2D eigenvalue weighted by atomic mass is 16.5. The third-order valence-corrected chi connectivity index (χ3v) is 3.98. The Kier molecular flexibility index (Phi) is 6.60. The Morgan fingerprint density at radius 1 is 1.27 bits per heavy atom. The standard InChI is InChI=1S/C20H24O6/c1-12(2)18(23)15(21)11-13(3)9-10-25-16-7-5-14-6-8-17(22)26-19(14)20(16)24-4/h5-9,15,18,21,23H,1,10-11H2,2-4H3/b13-9+/t15-,18+/m0/s1. The van der Waals surface area contributed by atoms with Gasteiger partial charge in [-0.1, -0.05) is 12.2 Å². The summed E-state index contributed by atoms with van der Waals surface area (Å²) in [5.74, 6) is 0.796. The van der Waals surface area contributed by atoms with Crippen molar-refractivity contribution in [2.75, 3.05) is 13.7 Å². The summed E-state index contributed by atoms with van der Waals surface area (Å²) in [4.78, 5) is 11.4. The molecule has 0 fully saturated rings. The van der Waals surface area contributed by atoms with E-state index in [1.165, 1.54) is 13.2 Å². The maximum absolute atomic E-state index is 11.4. The number of hydrogen-bond acceptors (Lipinski definition) is 6. The molecule has 1 aromatic carbocycles. The first-order chi connectivity index (χ1) is 12.3. The molecule has 0 saturated heterocycles. The minimum absolute atomic E-state index is 0.237. The second-order valence-corrected chi connectivity index (χ2v) is 6.19. The summed E-state index contributed by atoms with van der Waals surface area (Å²) in [6.45, 7) is 7.38. The first-order valence-electron chi connectivity index (χ1n) is 8.24. The predicted molar refractivity (Wildman–Crippen MR) is 99.7 cm³/mol. The van der Waals surface area contributed by atoms with E-state index in [0.29, 0.717) is 29.1 Å². The van der Waals surface area contributed by atoms with Gasteiger partial charge in [-0.2, -0.15) is 0 Å². The number of aliphatic hydroxyl groups is 2. The van der Waals surface area contributed by atoms with E-state index in [2.05, 4.69) is 6.58 Å². The minimum Gasteiger partial charge on any atom is -0.490 e. The van der Waals surface area contributed by atoms with E-state index in [4.69, 9.17) is 13.9 Å². The lowest BCUT2D eigenvalue weighted by molar-refractivity contribution is 0.0427. The summed E-state index contributed by atoms with van der Waals surface area (Å²) in [5.41, 5.74) is 1.25. The molecule has 2 rings (SSSR count). The second-order valence-electron chi connectivity index (χ2n) is 6.19. The van der Waals surface area contributed by atoms with Crippen molar-refractivity contribution in [1.29, 1.82) is 0 Å². The molecule has 140 valence electrons. The fraction of sp³-hybridized carbons (Fsp3) is 0.350. The molecule has 0 aliphatic heterocycles. The predicted octanol–water partition coefficient (Wildman–Crippen LogP) is 2.81. The van der Waals surface area contributed by atoms with E-state index in [1.807, 2.05) is 6.92 Å². The Labute approximate surface area is 152 Å². The summed E-state index contributed by atoms with van der Waals surface area (Å²) in [7, 11) is 1.48. The van der Waals surface area contributed by atoms with Gasteiger partial charge in [-0.15, -0.1) is 0 Å². The SMILES string of the molecule is C=C(C)[C@@H](O)[C@@H](O)C/C(C)=C/COc1ccc2ccc(=O)oc2c1OC. The van der Waals surface area contributed by atoms with Crippen LogP contribution in [0.15, 0.2) is 57.3 Å². The van der Waals surface area contributed by atoms with Gasteiger partial charge in [0.15, 0.2) is 11.3 Å². The van der Waals surface area contributed by atoms with E-state index in [0.717, 1.165) is 11.0 Å². The lowest BCUT2D eigenvalue weighted by Crippen LogP contribution is -2.26. The zero-order valence-electron chi connectivity index (χ0n) is 15.2. The van der Waals surface area contributed by atoms with Crippen molar-refractivity contribution < 1.29 is 24.1 Å². The number of benzene rings is 1. The quantitative estimate of drug-likeness (QED) is 0.556. The molecule has 1 heterocycles. The van der Waals surface area contributed by atoms with Gasteiger partial charge < -0.3 is 24.1 Å². The Morgan fingerprint density at radius 3 is 2.62 bits per heavy atom. The number of aliphatic hydroxyl groups excluding tert-OH is 2. The molecule has 0 aliphatic carbocycles. The Hall–Kier alpha value is -2.57. The van der Waals surface area contributed by atoms with Crippen LogP contribution in [0.5, 0.6) is 11.5 Å². The largest absolute Gasteiger partial charge is 0.490 e. The highest BCUT2D eigenvalue weighted by Gasteiger charge is 2.17. The fourth-order valence-electron chi connectivity index (χ4n) is 2.52. The van der Waals surface area contributed by atoms with Crippen LogP contribution in [-0.4, -0.2) is 36.1 Å². The van der Waals surface area contributed by atoms with Crippen molar-refractivity contribution in [1.82, 2.24) is 0 Å². The Morgan fingerprint density at radius 2 is 1.96 bits per heavy atom. The number of ether oxygens (including phenoxy) is 2. The third-order valence-electron chi connectivity index (χ3n) is 3.98. The molecule has 1 aromatic heterocycles. The van der Waals surface area contributed by atoms with Crippen LogP contribution in [0.4, 0.5) is 0 Å². The molecule has 2 atom stereocenters. The minimum atomic E-state index is -0.956. The topological polar surface area (TPSA) is 89.1 Å². The van der Waals surface area contributed by atoms with Crippen LogP contribution in [0.25, 0.3) is 11.0 Å². The zero-order chi connectivity index (χ0) is 19.3. The van der Waals surface area contributed by atoms with Crippen LogP contribution in [0.1, 0.15) is 20.3 Å². The third kappa shape index (κ3) is 4.74. The molecule has 0 saturated carbocycles. The van der Waals surface area contributed by atoms with Gasteiger partial charge >= 0.3 is 5.63 Å². The van der Waals surface area contributed by atoms with Gasteiger partial charge in [0.1, 0.15) is 12.7 Å². The van der Waals surface area contributed by atoms with Crippen LogP contribution in [0.3, 0.4) is 0 Å². The molecule has 0 bridgehead atoms.